The zero-order valence-electron chi connectivity index (χ0n) is 19.4. The summed E-state index contributed by atoms with van der Waals surface area (Å²) in [6, 6.07) is 28.5. The summed E-state index contributed by atoms with van der Waals surface area (Å²) in [7, 11) is 0. The van der Waals surface area contributed by atoms with Crippen LogP contribution in [0.4, 0.5) is 15.8 Å². The number of halogens is 1. The van der Waals surface area contributed by atoms with Gasteiger partial charge in [0.15, 0.2) is 0 Å². The molecule has 4 aromatic carbocycles. The number of anilines is 2. The van der Waals surface area contributed by atoms with Crippen LogP contribution < -0.4 is 10.6 Å². The fourth-order valence-electron chi connectivity index (χ4n) is 3.68. The van der Waals surface area contributed by atoms with Crippen LogP contribution in [0.3, 0.4) is 0 Å². The van der Waals surface area contributed by atoms with E-state index in [9.17, 15) is 14.0 Å². The molecule has 1 unspecified atom stereocenters. The molecule has 0 aromatic heterocycles. The van der Waals surface area contributed by atoms with Gasteiger partial charge in [-0.15, -0.1) is 11.8 Å². The van der Waals surface area contributed by atoms with E-state index in [2.05, 4.69) is 10.6 Å². The van der Waals surface area contributed by atoms with Crippen molar-refractivity contribution in [3.05, 3.63) is 125 Å². The van der Waals surface area contributed by atoms with Crippen LogP contribution in [0, 0.1) is 19.7 Å². The van der Waals surface area contributed by atoms with Crippen LogP contribution >= 0.6 is 11.8 Å². The molecule has 0 saturated carbocycles. The van der Waals surface area contributed by atoms with Gasteiger partial charge in [0.1, 0.15) is 11.1 Å². The van der Waals surface area contributed by atoms with Crippen LogP contribution in [0.1, 0.15) is 32.3 Å². The van der Waals surface area contributed by atoms with Crippen LogP contribution in [0.2, 0.25) is 0 Å². The molecule has 2 N–H and O–H groups in total. The number of aryl methyl sites for hydroxylation is 2. The molecule has 2 amide bonds. The molecule has 0 saturated heterocycles. The largest absolute Gasteiger partial charge is 0.325 e. The number of rotatable bonds is 7. The third kappa shape index (κ3) is 6.16. The minimum absolute atomic E-state index is 0.0273. The van der Waals surface area contributed by atoms with Gasteiger partial charge in [0.05, 0.1) is 5.56 Å². The summed E-state index contributed by atoms with van der Waals surface area (Å²) in [6.07, 6.45) is 0. The van der Waals surface area contributed by atoms with Crippen LogP contribution in [-0.2, 0) is 4.79 Å². The van der Waals surface area contributed by atoms with E-state index in [1.165, 1.54) is 30.0 Å². The van der Waals surface area contributed by atoms with E-state index in [1.54, 1.807) is 24.3 Å². The minimum atomic E-state index is -0.581. The number of hydrogen-bond acceptors (Lipinski definition) is 3. The van der Waals surface area contributed by atoms with Crippen molar-refractivity contribution in [2.24, 2.45) is 0 Å². The molecule has 0 spiro atoms. The summed E-state index contributed by atoms with van der Waals surface area (Å²) < 4.78 is 14.0. The first kappa shape index (κ1) is 24.2. The third-order valence-corrected chi connectivity index (χ3v) is 6.69. The Kier molecular flexibility index (Phi) is 7.63. The molecule has 4 nitrogen and oxygen atoms in total. The van der Waals surface area contributed by atoms with Gasteiger partial charge < -0.3 is 10.6 Å². The van der Waals surface area contributed by atoms with Gasteiger partial charge in [-0.25, -0.2) is 4.39 Å². The van der Waals surface area contributed by atoms with Crippen LogP contribution in [0.25, 0.3) is 0 Å². The normalized spacial score (nSPS) is 11.5. The van der Waals surface area contributed by atoms with Crippen molar-refractivity contribution in [3.63, 3.8) is 0 Å². The van der Waals surface area contributed by atoms with Crippen LogP contribution in [-0.4, -0.2) is 11.8 Å². The fourth-order valence-corrected chi connectivity index (χ4v) is 4.76. The molecule has 0 aliphatic heterocycles. The van der Waals surface area contributed by atoms with Gasteiger partial charge >= 0.3 is 0 Å². The van der Waals surface area contributed by atoms with E-state index in [0.29, 0.717) is 5.69 Å². The van der Waals surface area contributed by atoms with Gasteiger partial charge in [-0.2, -0.15) is 0 Å². The maximum Gasteiger partial charge on any atom is 0.258 e. The van der Waals surface area contributed by atoms with Crippen LogP contribution in [0.15, 0.2) is 102 Å². The molecule has 35 heavy (non-hydrogen) atoms. The maximum atomic E-state index is 14.0. The second kappa shape index (κ2) is 11.0. The Morgan fingerprint density at radius 2 is 1.54 bits per heavy atom. The van der Waals surface area contributed by atoms with Gasteiger partial charge in [0, 0.05) is 16.3 Å². The molecule has 6 heteroatoms. The lowest BCUT2D eigenvalue weighted by molar-refractivity contribution is -0.115. The first-order chi connectivity index (χ1) is 16.9. The van der Waals surface area contributed by atoms with Crippen LogP contribution in [0.5, 0.6) is 0 Å². The quantitative estimate of drug-likeness (QED) is 0.274. The molecule has 0 aliphatic rings. The number of nitrogens with one attached hydrogen (secondary N) is 2. The summed E-state index contributed by atoms with van der Waals surface area (Å²) in [6.45, 7) is 3.98. The molecular formula is C29H25FN2O2S. The van der Waals surface area contributed by atoms with Crippen molar-refractivity contribution in [1.29, 1.82) is 0 Å². The number of carbonyl (C=O) groups excluding carboxylic acids is 2. The zero-order valence-corrected chi connectivity index (χ0v) is 20.2. The van der Waals surface area contributed by atoms with Gasteiger partial charge in [-0.3, -0.25) is 9.59 Å². The van der Waals surface area contributed by atoms with E-state index < -0.39 is 17.0 Å². The second-order valence-corrected chi connectivity index (χ2v) is 9.36. The predicted octanol–water partition coefficient (Wildman–Crippen LogP) is 7.17. The highest BCUT2D eigenvalue weighted by Gasteiger charge is 2.23. The molecular weight excluding hydrogens is 459 g/mol. The van der Waals surface area contributed by atoms with Crippen molar-refractivity contribution < 1.29 is 14.0 Å². The molecule has 0 fully saturated rings. The highest BCUT2D eigenvalue weighted by Crippen LogP contribution is 2.37. The Labute approximate surface area is 208 Å². The van der Waals surface area contributed by atoms with Crippen molar-refractivity contribution in [3.8, 4) is 0 Å². The Morgan fingerprint density at radius 3 is 2.29 bits per heavy atom. The molecule has 4 rings (SSSR count). The number of benzene rings is 4. The number of amides is 2. The van der Waals surface area contributed by atoms with E-state index in [0.717, 1.165) is 27.3 Å². The van der Waals surface area contributed by atoms with Crippen molar-refractivity contribution >= 4 is 35.0 Å². The topological polar surface area (TPSA) is 58.2 Å². The smallest absolute Gasteiger partial charge is 0.258 e. The maximum absolute atomic E-state index is 14.0. The molecule has 176 valence electrons. The first-order valence-electron chi connectivity index (χ1n) is 11.2. The Balaban J connectivity index is 1.56. The monoisotopic (exact) mass is 484 g/mol. The molecule has 0 bridgehead atoms. The van der Waals surface area contributed by atoms with E-state index in [1.807, 2.05) is 68.4 Å². The Bertz CT molecular complexity index is 1360. The third-order valence-electron chi connectivity index (χ3n) is 5.44. The second-order valence-electron chi connectivity index (χ2n) is 8.18. The summed E-state index contributed by atoms with van der Waals surface area (Å²) >= 11 is 1.38. The molecule has 0 heterocycles. The number of carbonyl (C=O) groups is 2. The van der Waals surface area contributed by atoms with Gasteiger partial charge in [-0.05, 0) is 61.4 Å². The van der Waals surface area contributed by atoms with Crippen molar-refractivity contribution in [1.82, 2.24) is 0 Å². The summed E-state index contributed by atoms with van der Waals surface area (Å²) in [5.41, 5.74) is 4.25. The minimum Gasteiger partial charge on any atom is -0.325 e. The zero-order chi connectivity index (χ0) is 24.8. The lowest BCUT2D eigenvalue weighted by Gasteiger charge is -2.18. The van der Waals surface area contributed by atoms with Gasteiger partial charge in [-0.1, -0.05) is 66.2 Å². The highest BCUT2D eigenvalue weighted by atomic mass is 32.2. The highest BCUT2D eigenvalue weighted by molar-refractivity contribution is 8.00. The average Bonchev–Trinajstić information content (AvgIpc) is 2.85. The number of thioether (sulfide) groups is 1. The molecule has 4 aromatic rings. The molecule has 0 radical (unpaired) electrons. The summed E-state index contributed by atoms with van der Waals surface area (Å²) in [5.74, 6) is -1.26. The van der Waals surface area contributed by atoms with E-state index in [-0.39, 0.29) is 11.5 Å². The SMILES string of the molecule is Cc1ccc(NC(=O)C(Sc2cccc(NC(=O)c3ccccc3F)c2)c2ccccc2)c(C)c1. The van der Waals surface area contributed by atoms with E-state index >= 15 is 0 Å². The first-order valence-corrected chi connectivity index (χ1v) is 12.0. The summed E-state index contributed by atoms with van der Waals surface area (Å²) in [4.78, 5) is 26.7. The molecule has 1 atom stereocenters. The van der Waals surface area contributed by atoms with Gasteiger partial charge in [0.2, 0.25) is 5.91 Å². The Hall–Kier alpha value is -3.90. The van der Waals surface area contributed by atoms with Crippen molar-refractivity contribution in [2.45, 2.75) is 24.0 Å². The van der Waals surface area contributed by atoms with Gasteiger partial charge in [0.25, 0.3) is 5.91 Å². The van der Waals surface area contributed by atoms with Crippen molar-refractivity contribution in [2.75, 3.05) is 10.6 Å². The number of hydrogen-bond donors (Lipinski definition) is 2. The molecule has 0 aliphatic carbocycles. The summed E-state index contributed by atoms with van der Waals surface area (Å²) in [5, 5.41) is 5.28. The Morgan fingerprint density at radius 1 is 0.800 bits per heavy atom. The lowest BCUT2D eigenvalue weighted by Crippen LogP contribution is -2.19. The van der Waals surface area contributed by atoms with E-state index in [4.69, 9.17) is 0 Å². The standard InChI is InChI=1S/C29H25FN2O2S/c1-19-15-16-26(20(2)17-19)32-29(34)27(21-9-4-3-5-10-21)35-23-12-8-11-22(18-23)31-28(33)24-13-6-7-14-25(24)30/h3-18,27H,1-2H3,(H,31,33)(H,32,34). The fraction of sp³-hybridized carbons (Fsp3) is 0.103. The lowest BCUT2D eigenvalue weighted by atomic mass is 10.1. The average molecular weight is 485 g/mol. The predicted molar refractivity (Wildman–Crippen MR) is 140 cm³/mol.